The number of nitrogens with one attached hydrogen (secondary N) is 2. The van der Waals surface area contributed by atoms with Crippen molar-refractivity contribution in [3.05, 3.63) is 80.8 Å². The fraction of sp³-hybridized carbons (Fsp3) is 0.174. The summed E-state index contributed by atoms with van der Waals surface area (Å²) in [6.07, 6.45) is -0.157. The molecular formula is C23H19N5O8S. The lowest BCUT2D eigenvalue weighted by molar-refractivity contribution is -0.384. The van der Waals surface area contributed by atoms with Gasteiger partial charge in [0.2, 0.25) is 5.91 Å². The van der Waals surface area contributed by atoms with Gasteiger partial charge in [0.1, 0.15) is 17.8 Å². The number of carbonyl (C=O) groups excluding carboxylic acids is 3. The fourth-order valence-electron chi connectivity index (χ4n) is 3.71. The minimum absolute atomic E-state index is 0.0325. The molecule has 0 spiro atoms. The maximum atomic E-state index is 13.3. The van der Waals surface area contributed by atoms with Crippen molar-refractivity contribution in [3.63, 3.8) is 0 Å². The summed E-state index contributed by atoms with van der Waals surface area (Å²) in [7, 11) is 1.49. The van der Waals surface area contributed by atoms with Crippen LogP contribution in [0.4, 0.5) is 15.6 Å². The lowest BCUT2D eigenvalue weighted by atomic mass is 10.0. The molecule has 14 heteroatoms. The van der Waals surface area contributed by atoms with Crippen molar-refractivity contribution in [2.75, 3.05) is 12.4 Å². The summed E-state index contributed by atoms with van der Waals surface area (Å²) in [6, 6.07) is 8.58. The molecule has 190 valence electrons. The van der Waals surface area contributed by atoms with E-state index >= 15 is 0 Å². The molecule has 37 heavy (non-hydrogen) atoms. The molecule has 3 N–H and O–H groups in total. The second-order valence-corrected chi connectivity index (χ2v) is 8.70. The SMILES string of the molecule is COc1ccc([C@H]2NC(=O)N([C@@H](Cc3ccc([N+](=O)[O-])cc3)C(=O)Nc3nc(C(=O)O)cs3)C2=O)cc1. The first kappa shape index (κ1) is 25.2. The molecule has 1 saturated heterocycles. The summed E-state index contributed by atoms with van der Waals surface area (Å²) < 4.78 is 5.11. The number of thiazole rings is 1. The van der Waals surface area contributed by atoms with Crippen molar-refractivity contribution < 1.29 is 33.9 Å². The number of carboxylic acid groups (broad SMARTS) is 1. The number of methoxy groups -OCH3 is 1. The van der Waals surface area contributed by atoms with Crippen LogP contribution in [0.5, 0.6) is 5.75 Å². The second kappa shape index (κ2) is 10.4. The van der Waals surface area contributed by atoms with Gasteiger partial charge in [-0.2, -0.15) is 0 Å². The van der Waals surface area contributed by atoms with Gasteiger partial charge >= 0.3 is 12.0 Å². The number of hydrogen-bond acceptors (Lipinski definition) is 9. The van der Waals surface area contributed by atoms with Gasteiger partial charge in [-0.15, -0.1) is 11.3 Å². The number of imide groups is 1. The second-order valence-electron chi connectivity index (χ2n) is 7.84. The molecule has 4 rings (SSSR count). The molecule has 4 amide bonds. The van der Waals surface area contributed by atoms with Crippen LogP contribution in [0.2, 0.25) is 0 Å². The molecule has 0 aliphatic carbocycles. The van der Waals surface area contributed by atoms with Crippen LogP contribution in [-0.2, 0) is 16.0 Å². The monoisotopic (exact) mass is 525 g/mol. The first-order valence-electron chi connectivity index (χ1n) is 10.7. The van der Waals surface area contributed by atoms with Gasteiger partial charge in [-0.05, 0) is 23.3 Å². The van der Waals surface area contributed by atoms with Crippen molar-refractivity contribution in [2.24, 2.45) is 0 Å². The normalized spacial score (nSPS) is 15.7. The quantitative estimate of drug-likeness (QED) is 0.215. The van der Waals surface area contributed by atoms with Crippen molar-refractivity contribution in [1.82, 2.24) is 15.2 Å². The zero-order valence-electron chi connectivity index (χ0n) is 19.1. The number of nitrogens with zero attached hydrogens (tertiary/aromatic N) is 3. The van der Waals surface area contributed by atoms with Crippen LogP contribution in [0.15, 0.2) is 53.9 Å². The Bertz CT molecular complexity index is 1370. The van der Waals surface area contributed by atoms with Gasteiger partial charge in [-0.1, -0.05) is 24.3 Å². The predicted molar refractivity (Wildman–Crippen MR) is 129 cm³/mol. The standard InChI is InChI=1S/C23H19N5O8S/c1-36-15-8-4-13(5-9-15)18-20(30)27(23(33)25-18)17(10-12-2-6-14(7-3-12)28(34)35)19(29)26-22-24-16(11-37-22)21(31)32/h2-9,11,17-18H,10H2,1H3,(H,25,33)(H,31,32)(H,24,26,29)/t17-,18+/m0/s1. The molecule has 1 fully saturated rings. The Kier molecular flexibility index (Phi) is 7.11. The molecular weight excluding hydrogens is 506 g/mol. The molecule has 1 aromatic heterocycles. The summed E-state index contributed by atoms with van der Waals surface area (Å²) >= 11 is 0.865. The van der Waals surface area contributed by atoms with Crippen LogP contribution in [0.3, 0.4) is 0 Å². The van der Waals surface area contributed by atoms with Gasteiger partial charge in [0.15, 0.2) is 10.8 Å². The van der Waals surface area contributed by atoms with Gasteiger partial charge in [0.25, 0.3) is 11.6 Å². The highest BCUT2D eigenvalue weighted by molar-refractivity contribution is 7.14. The van der Waals surface area contributed by atoms with Crippen LogP contribution in [0.1, 0.15) is 27.7 Å². The molecule has 2 aromatic carbocycles. The number of non-ortho nitro benzene ring substituents is 1. The summed E-state index contributed by atoms with van der Waals surface area (Å²) in [5.74, 6) is -2.20. The number of nitro benzene ring substituents is 1. The zero-order valence-corrected chi connectivity index (χ0v) is 19.9. The number of carboxylic acids is 1. The average Bonchev–Trinajstić information content (AvgIpc) is 3.47. The average molecular weight is 525 g/mol. The van der Waals surface area contributed by atoms with Crippen molar-refractivity contribution in [2.45, 2.75) is 18.5 Å². The van der Waals surface area contributed by atoms with Gasteiger partial charge in [0.05, 0.1) is 12.0 Å². The van der Waals surface area contributed by atoms with Crippen LogP contribution in [0.25, 0.3) is 0 Å². The van der Waals surface area contributed by atoms with E-state index in [-0.39, 0.29) is 22.9 Å². The Balaban J connectivity index is 1.63. The third-order valence-corrected chi connectivity index (χ3v) is 6.32. The number of aromatic carboxylic acids is 1. The highest BCUT2D eigenvalue weighted by Crippen LogP contribution is 2.28. The summed E-state index contributed by atoms with van der Waals surface area (Å²) in [5, 5.41) is 26.3. The maximum Gasteiger partial charge on any atom is 0.355 e. The Labute approximate surface area is 212 Å². The minimum atomic E-state index is -1.37. The molecule has 1 aliphatic heterocycles. The first-order valence-corrected chi connectivity index (χ1v) is 11.6. The Hall–Kier alpha value is -4.85. The molecule has 2 atom stereocenters. The van der Waals surface area contributed by atoms with Gasteiger partial charge in [-0.25, -0.2) is 19.5 Å². The Morgan fingerprint density at radius 1 is 1.22 bits per heavy atom. The highest BCUT2D eigenvalue weighted by Gasteiger charge is 2.45. The number of amides is 4. The lowest BCUT2D eigenvalue weighted by Crippen LogP contribution is -2.49. The summed E-state index contributed by atoms with van der Waals surface area (Å²) in [6.45, 7) is 0. The highest BCUT2D eigenvalue weighted by atomic mass is 32.1. The number of benzene rings is 2. The summed E-state index contributed by atoms with van der Waals surface area (Å²) in [5.41, 5.74) is 0.483. The van der Waals surface area contributed by atoms with Crippen molar-refractivity contribution in [1.29, 1.82) is 0 Å². The minimum Gasteiger partial charge on any atom is -0.497 e. The maximum absolute atomic E-state index is 13.3. The van der Waals surface area contributed by atoms with Crippen LogP contribution >= 0.6 is 11.3 Å². The molecule has 0 saturated carbocycles. The molecule has 0 radical (unpaired) electrons. The third kappa shape index (κ3) is 5.38. The Morgan fingerprint density at radius 2 is 1.89 bits per heavy atom. The topological polar surface area (TPSA) is 181 Å². The largest absolute Gasteiger partial charge is 0.497 e. The van der Waals surface area contributed by atoms with Crippen LogP contribution in [0, 0.1) is 10.1 Å². The van der Waals surface area contributed by atoms with E-state index in [1.165, 1.54) is 36.8 Å². The Morgan fingerprint density at radius 3 is 2.46 bits per heavy atom. The number of carbonyl (C=O) groups is 4. The molecule has 13 nitrogen and oxygen atoms in total. The van der Waals surface area contributed by atoms with E-state index in [0.29, 0.717) is 16.9 Å². The number of hydrogen-bond donors (Lipinski definition) is 3. The van der Waals surface area contributed by atoms with Crippen molar-refractivity contribution in [3.8, 4) is 5.75 Å². The fourth-order valence-corrected chi connectivity index (χ4v) is 4.40. The molecule has 0 unspecified atom stereocenters. The third-order valence-electron chi connectivity index (χ3n) is 5.56. The number of nitro groups is 1. The van der Waals surface area contributed by atoms with Gasteiger partial charge in [-0.3, -0.25) is 19.7 Å². The van der Waals surface area contributed by atoms with E-state index in [1.54, 1.807) is 24.3 Å². The van der Waals surface area contributed by atoms with Gasteiger partial charge < -0.3 is 20.5 Å². The van der Waals surface area contributed by atoms with E-state index in [2.05, 4.69) is 15.6 Å². The lowest BCUT2D eigenvalue weighted by Gasteiger charge is -2.24. The smallest absolute Gasteiger partial charge is 0.355 e. The van der Waals surface area contributed by atoms with E-state index in [1.807, 2.05) is 0 Å². The number of ether oxygens (including phenoxy) is 1. The van der Waals surface area contributed by atoms with E-state index in [9.17, 15) is 29.3 Å². The molecule has 1 aliphatic rings. The van der Waals surface area contributed by atoms with E-state index in [4.69, 9.17) is 9.84 Å². The van der Waals surface area contributed by atoms with Gasteiger partial charge in [0, 0.05) is 23.9 Å². The number of urea groups is 1. The summed E-state index contributed by atoms with van der Waals surface area (Å²) in [4.78, 5) is 65.7. The first-order chi connectivity index (χ1) is 17.7. The molecule has 0 bridgehead atoms. The van der Waals surface area contributed by atoms with E-state index in [0.717, 1.165) is 16.2 Å². The predicted octanol–water partition coefficient (Wildman–Crippen LogP) is 2.60. The van der Waals surface area contributed by atoms with Crippen LogP contribution < -0.4 is 15.4 Å². The number of aromatic nitrogens is 1. The van der Waals surface area contributed by atoms with Crippen molar-refractivity contribution >= 4 is 46.0 Å². The van der Waals surface area contributed by atoms with Crippen LogP contribution in [-0.4, -0.2) is 56.9 Å². The number of anilines is 1. The number of rotatable bonds is 9. The molecule has 2 heterocycles. The van der Waals surface area contributed by atoms with E-state index < -0.39 is 40.8 Å². The molecule has 3 aromatic rings. The zero-order chi connectivity index (χ0) is 26.7.